The van der Waals surface area contributed by atoms with E-state index >= 15 is 0 Å². The maximum atomic E-state index is 13.6. The Bertz CT molecular complexity index is 559. The first-order valence-corrected chi connectivity index (χ1v) is 5.72. The molecule has 0 atom stereocenters. The molecule has 5 nitrogen and oxygen atoms in total. The number of aromatic nitrogens is 2. The van der Waals surface area contributed by atoms with Crippen molar-refractivity contribution in [2.45, 2.75) is 6.54 Å². The third kappa shape index (κ3) is 3.09. The molecule has 0 saturated carbocycles. The Labute approximate surface area is 110 Å². The first-order valence-electron chi connectivity index (χ1n) is 5.72. The number of nitrogens with zero attached hydrogens (tertiary/aromatic N) is 3. The molecule has 0 unspecified atom stereocenters. The van der Waals surface area contributed by atoms with Crippen LogP contribution in [0.25, 0.3) is 0 Å². The molecule has 0 saturated heterocycles. The first kappa shape index (κ1) is 13.1. The number of benzene rings is 1. The third-order valence-electron chi connectivity index (χ3n) is 2.68. The molecule has 0 spiro atoms. The fraction of sp³-hybridized carbons (Fsp3) is 0.231. The van der Waals surface area contributed by atoms with Gasteiger partial charge in [0.1, 0.15) is 5.75 Å². The molecule has 1 aromatic carbocycles. The van der Waals surface area contributed by atoms with E-state index in [4.69, 9.17) is 10.5 Å². The van der Waals surface area contributed by atoms with Crippen molar-refractivity contribution >= 4 is 11.8 Å². The van der Waals surface area contributed by atoms with Crippen molar-refractivity contribution in [3.8, 4) is 5.75 Å². The lowest BCUT2D eigenvalue weighted by atomic mass is 10.2. The molecule has 0 aliphatic heterocycles. The summed E-state index contributed by atoms with van der Waals surface area (Å²) in [7, 11) is 3.36. The van der Waals surface area contributed by atoms with Gasteiger partial charge in [-0.2, -0.15) is 4.98 Å². The highest BCUT2D eigenvalue weighted by Gasteiger charge is 2.11. The van der Waals surface area contributed by atoms with Crippen LogP contribution in [0.15, 0.2) is 30.5 Å². The smallest absolute Gasteiger partial charge is 0.222 e. The van der Waals surface area contributed by atoms with Crippen LogP contribution >= 0.6 is 0 Å². The fourth-order valence-corrected chi connectivity index (χ4v) is 1.72. The maximum absolute atomic E-state index is 13.6. The van der Waals surface area contributed by atoms with E-state index in [1.165, 1.54) is 0 Å². The molecule has 1 heterocycles. The van der Waals surface area contributed by atoms with E-state index in [0.717, 1.165) is 17.5 Å². The van der Waals surface area contributed by atoms with Crippen LogP contribution < -0.4 is 15.4 Å². The van der Waals surface area contributed by atoms with Crippen LogP contribution in [0.2, 0.25) is 0 Å². The summed E-state index contributed by atoms with van der Waals surface area (Å²) in [6.45, 7) is 0.511. The van der Waals surface area contributed by atoms with Gasteiger partial charge in [-0.3, -0.25) is 0 Å². The highest BCUT2D eigenvalue weighted by Crippen LogP contribution is 2.18. The topological polar surface area (TPSA) is 64.3 Å². The third-order valence-corrected chi connectivity index (χ3v) is 2.68. The lowest BCUT2D eigenvalue weighted by Gasteiger charge is -2.18. The van der Waals surface area contributed by atoms with Crippen LogP contribution in [-0.2, 0) is 6.54 Å². The molecule has 0 amide bonds. The molecule has 100 valence electrons. The van der Waals surface area contributed by atoms with Crippen molar-refractivity contribution in [1.29, 1.82) is 0 Å². The van der Waals surface area contributed by atoms with E-state index in [1.54, 1.807) is 19.1 Å². The largest absolute Gasteiger partial charge is 0.497 e. The number of anilines is 2. The zero-order valence-corrected chi connectivity index (χ0v) is 10.8. The average Bonchev–Trinajstić information content (AvgIpc) is 2.42. The van der Waals surface area contributed by atoms with E-state index in [1.807, 2.05) is 24.3 Å². The molecule has 0 aliphatic rings. The number of nitrogen functional groups attached to an aromatic ring is 1. The predicted molar refractivity (Wildman–Crippen MR) is 71.5 cm³/mol. The SMILES string of the molecule is COc1ccc(CN(C)c2nc(N)ncc2F)cc1. The Morgan fingerprint density at radius 2 is 2.00 bits per heavy atom. The maximum Gasteiger partial charge on any atom is 0.222 e. The lowest BCUT2D eigenvalue weighted by molar-refractivity contribution is 0.414. The summed E-state index contributed by atoms with van der Waals surface area (Å²) in [5.41, 5.74) is 6.48. The summed E-state index contributed by atoms with van der Waals surface area (Å²) in [5.74, 6) is 0.523. The number of methoxy groups -OCH3 is 1. The highest BCUT2D eigenvalue weighted by molar-refractivity contribution is 5.42. The lowest BCUT2D eigenvalue weighted by Crippen LogP contribution is -2.20. The standard InChI is InChI=1S/C13H15FN4O/c1-18(12-11(14)7-16-13(15)17-12)8-9-3-5-10(19-2)6-4-9/h3-7H,8H2,1-2H3,(H2,15,16,17). The molecule has 2 N–H and O–H groups in total. The predicted octanol–water partition coefficient (Wildman–Crippen LogP) is 1.84. The molecule has 6 heteroatoms. The van der Waals surface area contributed by atoms with Crippen LogP contribution in [0.3, 0.4) is 0 Å². The number of hydrogen-bond donors (Lipinski definition) is 1. The second-order valence-electron chi connectivity index (χ2n) is 4.10. The van der Waals surface area contributed by atoms with Gasteiger partial charge in [-0.05, 0) is 17.7 Å². The van der Waals surface area contributed by atoms with Crippen LogP contribution in [0.1, 0.15) is 5.56 Å². The van der Waals surface area contributed by atoms with Gasteiger partial charge in [0.15, 0.2) is 11.6 Å². The number of ether oxygens (including phenoxy) is 1. The average molecular weight is 262 g/mol. The number of halogens is 1. The van der Waals surface area contributed by atoms with Crippen molar-refractivity contribution in [3.63, 3.8) is 0 Å². The molecule has 0 aliphatic carbocycles. The van der Waals surface area contributed by atoms with Gasteiger partial charge in [0.25, 0.3) is 0 Å². The van der Waals surface area contributed by atoms with E-state index < -0.39 is 5.82 Å². The summed E-state index contributed by atoms with van der Waals surface area (Å²) in [5, 5.41) is 0. The van der Waals surface area contributed by atoms with Gasteiger partial charge < -0.3 is 15.4 Å². The quantitative estimate of drug-likeness (QED) is 0.910. The van der Waals surface area contributed by atoms with Crippen LogP contribution in [0.5, 0.6) is 5.75 Å². The number of hydrogen-bond acceptors (Lipinski definition) is 5. The van der Waals surface area contributed by atoms with Gasteiger partial charge in [0, 0.05) is 13.6 Å². The van der Waals surface area contributed by atoms with Crippen LogP contribution in [0.4, 0.5) is 16.2 Å². The van der Waals surface area contributed by atoms with Gasteiger partial charge in [-0.15, -0.1) is 0 Å². The molecule has 1 aromatic heterocycles. The summed E-state index contributed by atoms with van der Waals surface area (Å²) in [6, 6.07) is 7.54. The van der Waals surface area contributed by atoms with Crippen molar-refractivity contribution in [3.05, 3.63) is 41.8 Å². The summed E-state index contributed by atoms with van der Waals surface area (Å²) in [4.78, 5) is 9.17. The summed E-state index contributed by atoms with van der Waals surface area (Å²) < 4.78 is 18.7. The fourth-order valence-electron chi connectivity index (χ4n) is 1.72. The van der Waals surface area contributed by atoms with Gasteiger partial charge in [0.05, 0.1) is 13.3 Å². The monoisotopic (exact) mass is 262 g/mol. The minimum Gasteiger partial charge on any atom is -0.497 e. The zero-order chi connectivity index (χ0) is 13.8. The Morgan fingerprint density at radius 3 is 2.63 bits per heavy atom. The number of nitrogens with two attached hydrogens (primary N) is 1. The van der Waals surface area contributed by atoms with Crippen molar-refractivity contribution < 1.29 is 9.13 Å². The molecular formula is C13H15FN4O. The van der Waals surface area contributed by atoms with E-state index in [-0.39, 0.29) is 11.8 Å². The molecule has 2 rings (SSSR count). The van der Waals surface area contributed by atoms with E-state index in [0.29, 0.717) is 6.54 Å². The molecule has 2 aromatic rings. The van der Waals surface area contributed by atoms with Gasteiger partial charge in [-0.1, -0.05) is 12.1 Å². The van der Waals surface area contributed by atoms with Gasteiger partial charge in [-0.25, -0.2) is 9.37 Å². The van der Waals surface area contributed by atoms with Gasteiger partial charge >= 0.3 is 0 Å². The van der Waals surface area contributed by atoms with Crippen LogP contribution in [-0.4, -0.2) is 24.1 Å². The minimum absolute atomic E-state index is 0.0537. The Hall–Kier alpha value is -2.37. The van der Waals surface area contributed by atoms with Gasteiger partial charge in [0.2, 0.25) is 5.95 Å². The summed E-state index contributed by atoms with van der Waals surface area (Å²) >= 11 is 0. The molecule has 0 fully saturated rings. The number of rotatable bonds is 4. The normalized spacial score (nSPS) is 10.3. The van der Waals surface area contributed by atoms with E-state index in [2.05, 4.69) is 9.97 Å². The van der Waals surface area contributed by atoms with E-state index in [9.17, 15) is 4.39 Å². The molecule has 19 heavy (non-hydrogen) atoms. The van der Waals surface area contributed by atoms with Crippen molar-refractivity contribution in [2.24, 2.45) is 0 Å². The molecule has 0 radical (unpaired) electrons. The minimum atomic E-state index is -0.495. The second kappa shape index (κ2) is 5.51. The summed E-state index contributed by atoms with van der Waals surface area (Å²) in [6.07, 6.45) is 1.07. The molecular weight excluding hydrogens is 247 g/mol. The van der Waals surface area contributed by atoms with Crippen molar-refractivity contribution in [2.75, 3.05) is 24.8 Å². The Morgan fingerprint density at radius 1 is 1.32 bits per heavy atom. The second-order valence-corrected chi connectivity index (χ2v) is 4.10. The van der Waals surface area contributed by atoms with Crippen molar-refractivity contribution in [1.82, 2.24) is 9.97 Å². The Kier molecular flexibility index (Phi) is 3.79. The van der Waals surface area contributed by atoms with Crippen LogP contribution in [0, 0.1) is 5.82 Å². The zero-order valence-electron chi connectivity index (χ0n) is 10.8. The highest BCUT2D eigenvalue weighted by atomic mass is 19.1. The first-order chi connectivity index (χ1) is 9.10. The Balaban J connectivity index is 2.15. The molecule has 0 bridgehead atoms.